The molecule has 8 nitrogen and oxygen atoms in total. The minimum Gasteiger partial charge on any atom is -0.493 e. The summed E-state index contributed by atoms with van der Waals surface area (Å²) in [6, 6.07) is 2.64. The molecule has 0 aliphatic carbocycles. The van der Waals surface area contributed by atoms with Crippen molar-refractivity contribution in [3.63, 3.8) is 0 Å². The molecule has 0 amide bonds. The Morgan fingerprint density at radius 1 is 1.33 bits per heavy atom. The summed E-state index contributed by atoms with van der Waals surface area (Å²) in [7, 11) is -0.574. The van der Waals surface area contributed by atoms with Gasteiger partial charge in [0.05, 0.1) is 35.4 Å². The van der Waals surface area contributed by atoms with Crippen molar-refractivity contribution in [3.8, 4) is 5.88 Å². The van der Waals surface area contributed by atoms with Gasteiger partial charge in [0.25, 0.3) is 0 Å². The molecule has 0 radical (unpaired) electrons. The van der Waals surface area contributed by atoms with Crippen LogP contribution < -0.4 is 0 Å². The number of ether oxygens (including phenoxy) is 2. The second-order valence-corrected chi connectivity index (χ2v) is 8.32. The number of hydrogen-bond donors (Lipinski definition) is 1. The number of aromatic nitrogens is 2. The van der Waals surface area contributed by atoms with Crippen molar-refractivity contribution in [2.24, 2.45) is 7.05 Å². The van der Waals surface area contributed by atoms with Gasteiger partial charge in [0.1, 0.15) is 5.56 Å². The average molecular weight is 417 g/mol. The summed E-state index contributed by atoms with van der Waals surface area (Å²) in [5.41, 5.74) is 0.585. The molecule has 1 aromatic carbocycles. The quantitative estimate of drug-likeness (QED) is 0.517. The van der Waals surface area contributed by atoms with Gasteiger partial charge in [0.15, 0.2) is 9.84 Å². The Balaban J connectivity index is 2.53. The van der Waals surface area contributed by atoms with Crippen LogP contribution in [0.1, 0.15) is 27.2 Å². The van der Waals surface area contributed by atoms with Gasteiger partial charge in [0.2, 0.25) is 11.7 Å². The normalized spacial score (nSPS) is 11.7. The number of halogens is 1. The fourth-order valence-electron chi connectivity index (χ4n) is 2.62. The summed E-state index contributed by atoms with van der Waals surface area (Å²) < 4.78 is 35.6. The Bertz CT molecular complexity index is 968. The van der Waals surface area contributed by atoms with Crippen LogP contribution in [0.15, 0.2) is 17.0 Å². The van der Waals surface area contributed by atoms with Crippen LogP contribution in [-0.4, -0.2) is 55.7 Å². The predicted octanol–water partition coefficient (Wildman–Crippen LogP) is 1.89. The summed E-state index contributed by atoms with van der Waals surface area (Å²) in [6.45, 7) is 2.04. The van der Waals surface area contributed by atoms with Crippen LogP contribution in [0, 0.1) is 6.92 Å². The lowest BCUT2D eigenvalue weighted by molar-refractivity contribution is 0.0607. The van der Waals surface area contributed by atoms with E-state index in [0.29, 0.717) is 12.3 Å². The maximum absolute atomic E-state index is 12.9. The Hall–Kier alpha value is -1.94. The first-order chi connectivity index (χ1) is 12.6. The highest BCUT2D eigenvalue weighted by atomic mass is 35.5. The molecule has 0 atom stereocenters. The van der Waals surface area contributed by atoms with E-state index in [-0.39, 0.29) is 45.7 Å². The minimum absolute atomic E-state index is 0.0118. The molecule has 148 valence electrons. The Labute approximate surface area is 162 Å². The molecule has 0 bridgehead atoms. The van der Waals surface area contributed by atoms with E-state index in [1.165, 1.54) is 31.0 Å². The number of aromatic hydroxyl groups is 1. The van der Waals surface area contributed by atoms with Gasteiger partial charge in [-0.3, -0.25) is 4.79 Å². The van der Waals surface area contributed by atoms with E-state index < -0.39 is 15.6 Å². The minimum atomic E-state index is -3.59. The topological polar surface area (TPSA) is 108 Å². The van der Waals surface area contributed by atoms with Gasteiger partial charge in [-0.1, -0.05) is 11.6 Å². The third kappa shape index (κ3) is 4.49. The lowest BCUT2D eigenvalue weighted by atomic mass is 10.0. The molecule has 1 N–H and O–H groups in total. The summed E-state index contributed by atoms with van der Waals surface area (Å²) in [5.74, 6) is -0.847. The maximum atomic E-state index is 12.9. The monoisotopic (exact) mass is 416 g/mol. The molecule has 27 heavy (non-hydrogen) atoms. The van der Waals surface area contributed by atoms with Crippen molar-refractivity contribution in [2.45, 2.75) is 18.4 Å². The summed E-state index contributed by atoms with van der Waals surface area (Å²) in [6.07, 6.45) is 1.05. The van der Waals surface area contributed by atoms with Crippen molar-refractivity contribution in [1.82, 2.24) is 9.78 Å². The zero-order valence-electron chi connectivity index (χ0n) is 15.4. The molecule has 2 aromatic rings. The van der Waals surface area contributed by atoms with Crippen molar-refractivity contribution in [1.29, 1.82) is 0 Å². The Morgan fingerprint density at radius 3 is 2.52 bits per heavy atom. The molecule has 0 saturated heterocycles. The SMILES string of the molecule is COCCOCc1c(S(C)(=O)=O)ccc(C(=O)c2c(C)nn(C)c2O)c1Cl. The molecule has 0 unspecified atom stereocenters. The zero-order chi connectivity index (χ0) is 20.4. The number of nitrogens with zero attached hydrogens (tertiary/aromatic N) is 2. The number of methoxy groups -OCH3 is 1. The third-order valence-corrected chi connectivity index (χ3v) is 5.55. The van der Waals surface area contributed by atoms with Gasteiger partial charge in [-0.2, -0.15) is 5.10 Å². The lowest BCUT2D eigenvalue weighted by Gasteiger charge is -2.14. The third-order valence-electron chi connectivity index (χ3n) is 3.94. The highest BCUT2D eigenvalue weighted by Crippen LogP contribution is 2.32. The molecule has 2 rings (SSSR count). The molecule has 0 aliphatic rings. The molecule has 0 aliphatic heterocycles. The number of hydrogen-bond acceptors (Lipinski definition) is 7. The molecule has 1 heterocycles. The summed E-state index contributed by atoms with van der Waals surface area (Å²) >= 11 is 6.38. The molecule has 0 fully saturated rings. The van der Waals surface area contributed by atoms with Crippen LogP contribution in [0.3, 0.4) is 0 Å². The predicted molar refractivity (Wildman–Crippen MR) is 99.1 cm³/mol. The van der Waals surface area contributed by atoms with E-state index in [4.69, 9.17) is 21.1 Å². The van der Waals surface area contributed by atoms with E-state index in [9.17, 15) is 18.3 Å². The molecular formula is C17H21ClN2O6S. The molecule has 0 spiro atoms. The van der Waals surface area contributed by atoms with Gasteiger partial charge in [0, 0.05) is 31.5 Å². The number of aryl methyl sites for hydroxylation is 2. The van der Waals surface area contributed by atoms with Crippen LogP contribution in [0.2, 0.25) is 5.02 Å². The number of rotatable bonds is 8. The number of ketones is 1. The lowest BCUT2D eigenvalue weighted by Crippen LogP contribution is -2.11. The van der Waals surface area contributed by atoms with E-state index in [0.717, 1.165) is 6.26 Å². The van der Waals surface area contributed by atoms with Gasteiger partial charge < -0.3 is 14.6 Å². The molecule has 0 saturated carbocycles. The van der Waals surface area contributed by atoms with Crippen LogP contribution >= 0.6 is 11.6 Å². The first-order valence-electron chi connectivity index (χ1n) is 7.95. The average Bonchev–Trinajstić information content (AvgIpc) is 2.83. The van der Waals surface area contributed by atoms with Crippen LogP contribution in [0.5, 0.6) is 5.88 Å². The van der Waals surface area contributed by atoms with Gasteiger partial charge in [-0.05, 0) is 19.1 Å². The Kier molecular flexibility index (Phi) is 6.63. The maximum Gasteiger partial charge on any atom is 0.220 e. The van der Waals surface area contributed by atoms with E-state index in [1.54, 1.807) is 6.92 Å². The number of carbonyl (C=O) groups excluding carboxylic acids is 1. The fourth-order valence-corrected chi connectivity index (χ4v) is 3.91. The van der Waals surface area contributed by atoms with Crippen molar-refractivity contribution in [2.75, 3.05) is 26.6 Å². The second-order valence-electron chi connectivity index (χ2n) is 5.96. The van der Waals surface area contributed by atoms with Crippen molar-refractivity contribution in [3.05, 3.63) is 39.5 Å². The first-order valence-corrected chi connectivity index (χ1v) is 10.2. The Morgan fingerprint density at radius 2 is 2.00 bits per heavy atom. The van der Waals surface area contributed by atoms with Crippen molar-refractivity contribution < 1.29 is 27.8 Å². The van der Waals surface area contributed by atoms with E-state index >= 15 is 0 Å². The second kappa shape index (κ2) is 8.39. The molecule has 1 aromatic heterocycles. The molecule has 10 heteroatoms. The standard InChI is InChI=1S/C17H21ClN2O6S/c1-10-14(17(22)20(2)19-10)16(21)11-5-6-13(27(4,23)24)12(15(11)18)9-26-8-7-25-3/h5-6,22H,7-9H2,1-4H3. The van der Waals surface area contributed by atoms with E-state index in [2.05, 4.69) is 5.10 Å². The smallest absolute Gasteiger partial charge is 0.220 e. The first kappa shape index (κ1) is 21.4. The van der Waals surface area contributed by atoms with Gasteiger partial charge >= 0.3 is 0 Å². The largest absolute Gasteiger partial charge is 0.493 e. The van der Waals surface area contributed by atoms with Gasteiger partial charge in [-0.25, -0.2) is 13.1 Å². The number of benzene rings is 1. The summed E-state index contributed by atoms with van der Waals surface area (Å²) in [4.78, 5) is 12.9. The molecular weight excluding hydrogens is 396 g/mol. The number of carbonyl (C=O) groups is 1. The van der Waals surface area contributed by atoms with Crippen LogP contribution in [-0.2, 0) is 33.0 Å². The zero-order valence-corrected chi connectivity index (χ0v) is 17.0. The van der Waals surface area contributed by atoms with Crippen molar-refractivity contribution >= 4 is 27.2 Å². The van der Waals surface area contributed by atoms with Crippen LogP contribution in [0.25, 0.3) is 0 Å². The highest BCUT2D eigenvalue weighted by molar-refractivity contribution is 7.90. The highest BCUT2D eigenvalue weighted by Gasteiger charge is 2.26. The van der Waals surface area contributed by atoms with Crippen LogP contribution in [0.4, 0.5) is 0 Å². The van der Waals surface area contributed by atoms with E-state index in [1.807, 2.05) is 0 Å². The number of sulfone groups is 1. The van der Waals surface area contributed by atoms with Gasteiger partial charge in [-0.15, -0.1) is 0 Å². The fraction of sp³-hybridized carbons (Fsp3) is 0.412. The summed E-state index contributed by atoms with van der Waals surface area (Å²) in [5, 5.41) is 14.1.